The van der Waals surface area contributed by atoms with Crippen LogP contribution in [0.2, 0.25) is 0 Å². The predicted molar refractivity (Wildman–Crippen MR) is 91.4 cm³/mol. The molecule has 0 heterocycles. The predicted octanol–water partition coefficient (Wildman–Crippen LogP) is 3.94. The molecule has 22 heavy (non-hydrogen) atoms. The third-order valence-electron chi connectivity index (χ3n) is 4.17. The van der Waals surface area contributed by atoms with Crippen molar-refractivity contribution >= 4 is 5.97 Å². The number of esters is 1. The molecule has 1 rings (SSSR count). The monoisotopic (exact) mass is 304 g/mol. The molecular formula is C19H30NO2+. The molecule has 1 aromatic carbocycles. The van der Waals surface area contributed by atoms with Crippen LogP contribution in [-0.4, -0.2) is 36.7 Å². The van der Waals surface area contributed by atoms with Crippen LogP contribution in [0, 0.1) is 0 Å². The van der Waals surface area contributed by atoms with Crippen LogP contribution in [0.15, 0.2) is 43.0 Å². The maximum absolute atomic E-state index is 11.0. The maximum atomic E-state index is 11.0. The number of quaternary nitrogens is 1. The SMILES string of the molecule is C=CC(=O)OCCCC[N+](CC)(CCC)Cc1ccccc1. The van der Waals surface area contributed by atoms with E-state index in [1.54, 1.807) is 0 Å². The van der Waals surface area contributed by atoms with E-state index < -0.39 is 0 Å². The molecule has 1 aromatic rings. The molecule has 3 nitrogen and oxygen atoms in total. The molecule has 0 aromatic heterocycles. The van der Waals surface area contributed by atoms with Crippen LogP contribution in [-0.2, 0) is 16.1 Å². The van der Waals surface area contributed by atoms with Gasteiger partial charge in [-0.15, -0.1) is 0 Å². The van der Waals surface area contributed by atoms with E-state index in [0.29, 0.717) is 6.61 Å². The third kappa shape index (κ3) is 6.44. The van der Waals surface area contributed by atoms with Gasteiger partial charge in [0.15, 0.2) is 0 Å². The van der Waals surface area contributed by atoms with Crippen LogP contribution in [0.1, 0.15) is 38.7 Å². The average molecular weight is 304 g/mol. The highest BCUT2D eigenvalue weighted by molar-refractivity contribution is 5.81. The van der Waals surface area contributed by atoms with Gasteiger partial charge in [-0.1, -0.05) is 43.8 Å². The lowest BCUT2D eigenvalue weighted by molar-refractivity contribution is -0.939. The lowest BCUT2D eigenvalue weighted by Gasteiger charge is -2.38. The second kappa shape index (κ2) is 10.2. The number of ether oxygens (including phenoxy) is 1. The van der Waals surface area contributed by atoms with E-state index in [-0.39, 0.29) is 5.97 Å². The molecule has 3 heteroatoms. The highest BCUT2D eigenvalue weighted by Gasteiger charge is 2.24. The van der Waals surface area contributed by atoms with Crippen molar-refractivity contribution in [2.45, 2.75) is 39.7 Å². The van der Waals surface area contributed by atoms with Gasteiger partial charge in [-0.25, -0.2) is 4.79 Å². The Labute approximate surface area is 135 Å². The molecule has 0 N–H and O–H groups in total. The first-order valence-electron chi connectivity index (χ1n) is 8.34. The second-order valence-corrected chi connectivity index (χ2v) is 5.83. The lowest BCUT2D eigenvalue weighted by atomic mass is 10.1. The van der Waals surface area contributed by atoms with E-state index in [2.05, 4.69) is 50.8 Å². The molecule has 1 atom stereocenters. The molecule has 0 aliphatic rings. The second-order valence-electron chi connectivity index (χ2n) is 5.83. The molecule has 0 bridgehead atoms. The smallest absolute Gasteiger partial charge is 0.330 e. The van der Waals surface area contributed by atoms with Crippen molar-refractivity contribution in [3.63, 3.8) is 0 Å². The highest BCUT2D eigenvalue weighted by atomic mass is 16.5. The summed E-state index contributed by atoms with van der Waals surface area (Å²) in [6.07, 6.45) is 4.40. The van der Waals surface area contributed by atoms with Gasteiger partial charge in [0, 0.05) is 11.6 Å². The Balaban J connectivity index is 2.52. The molecule has 0 radical (unpaired) electrons. The number of benzene rings is 1. The Morgan fingerprint density at radius 3 is 2.50 bits per heavy atom. The molecule has 0 fully saturated rings. The minimum Gasteiger partial charge on any atom is -0.463 e. The Hall–Kier alpha value is -1.61. The number of hydrogen-bond donors (Lipinski definition) is 0. The number of carbonyl (C=O) groups is 1. The molecule has 0 aliphatic heterocycles. The first-order chi connectivity index (χ1) is 10.7. The van der Waals surface area contributed by atoms with Gasteiger partial charge in [0.1, 0.15) is 6.54 Å². The summed E-state index contributed by atoms with van der Waals surface area (Å²) < 4.78 is 6.16. The van der Waals surface area contributed by atoms with Crippen molar-refractivity contribution in [3.8, 4) is 0 Å². The zero-order valence-corrected chi connectivity index (χ0v) is 14.1. The largest absolute Gasteiger partial charge is 0.463 e. The van der Waals surface area contributed by atoms with Crippen LogP contribution in [0.25, 0.3) is 0 Å². The van der Waals surface area contributed by atoms with Crippen LogP contribution >= 0.6 is 0 Å². The first kappa shape index (κ1) is 18.4. The summed E-state index contributed by atoms with van der Waals surface area (Å²) in [7, 11) is 0. The number of rotatable bonds is 11. The van der Waals surface area contributed by atoms with Gasteiger partial charge >= 0.3 is 5.97 Å². The van der Waals surface area contributed by atoms with Crippen LogP contribution in [0.4, 0.5) is 0 Å². The zero-order valence-electron chi connectivity index (χ0n) is 14.1. The van der Waals surface area contributed by atoms with Crippen molar-refractivity contribution < 1.29 is 14.0 Å². The Kier molecular flexibility index (Phi) is 8.53. The quantitative estimate of drug-likeness (QED) is 0.268. The van der Waals surface area contributed by atoms with E-state index in [1.807, 2.05) is 0 Å². The number of carbonyl (C=O) groups excluding carboxylic acids is 1. The first-order valence-corrected chi connectivity index (χ1v) is 8.34. The minimum absolute atomic E-state index is 0.325. The van der Waals surface area contributed by atoms with Crippen molar-refractivity contribution in [2.24, 2.45) is 0 Å². The molecule has 0 amide bonds. The summed E-state index contributed by atoms with van der Waals surface area (Å²) in [5.41, 5.74) is 1.40. The van der Waals surface area contributed by atoms with Crippen LogP contribution in [0.3, 0.4) is 0 Å². The zero-order chi connectivity index (χ0) is 16.3. The van der Waals surface area contributed by atoms with E-state index >= 15 is 0 Å². The van der Waals surface area contributed by atoms with Crippen molar-refractivity contribution in [2.75, 3.05) is 26.2 Å². The van der Waals surface area contributed by atoms with Gasteiger partial charge in [0.05, 0.1) is 26.2 Å². The summed E-state index contributed by atoms with van der Waals surface area (Å²) in [4.78, 5) is 11.0. The fourth-order valence-corrected chi connectivity index (χ4v) is 2.92. The average Bonchev–Trinajstić information content (AvgIpc) is 2.55. The Bertz CT molecular complexity index is 444. The van der Waals surface area contributed by atoms with Gasteiger partial charge in [-0.05, 0) is 26.2 Å². The summed E-state index contributed by atoms with van der Waals surface area (Å²) in [5.74, 6) is -0.325. The van der Waals surface area contributed by atoms with E-state index in [1.165, 1.54) is 24.6 Å². The molecule has 1 unspecified atom stereocenters. The standard InChI is InChI=1S/C19H30NO2/c1-4-14-20(6-3,17-18-12-8-7-9-13-18)15-10-11-16-22-19(21)5-2/h5,7-9,12-13H,2,4,6,10-11,14-17H2,1,3H3/q+1. The molecule has 0 saturated carbocycles. The molecule has 122 valence electrons. The normalized spacial score (nSPS) is 13.4. The maximum Gasteiger partial charge on any atom is 0.330 e. The van der Waals surface area contributed by atoms with Crippen molar-refractivity contribution in [1.82, 2.24) is 0 Å². The van der Waals surface area contributed by atoms with Crippen molar-refractivity contribution in [1.29, 1.82) is 0 Å². The van der Waals surface area contributed by atoms with Gasteiger partial charge in [-0.2, -0.15) is 0 Å². The summed E-state index contributed by atoms with van der Waals surface area (Å²) in [5, 5.41) is 0. The van der Waals surface area contributed by atoms with Gasteiger partial charge < -0.3 is 9.22 Å². The molecule has 0 spiro atoms. The lowest BCUT2D eigenvalue weighted by Crippen LogP contribution is -2.48. The van der Waals surface area contributed by atoms with Crippen LogP contribution in [0.5, 0.6) is 0 Å². The minimum atomic E-state index is -0.325. The van der Waals surface area contributed by atoms with Crippen LogP contribution < -0.4 is 0 Å². The fourth-order valence-electron chi connectivity index (χ4n) is 2.92. The number of nitrogens with zero attached hydrogens (tertiary/aromatic N) is 1. The topological polar surface area (TPSA) is 26.3 Å². The molecule has 0 saturated heterocycles. The van der Waals surface area contributed by atoms with E-state index in [9.17, 15) is 4.79 Å². The highest BCUT2D eigenvalue weighted by Crippen LogP contribution is 2.17. The molecule has 0 aliphatic carbocycles. The number of unbranched alkanes of at least 4 members (excludes halogenated alkanes) is 1. The summed E-state index contributed by atoms with van der Waals surface area (Å²) in [6.45, 7) is 13.0. The van der Waals surface area contributed by atoms with Gasteiger partial charge in [0.2, 0.25) is 0 Å². The summed E-state index contributed by atoms with van der Waals surface area (Å²) in [6, 6.07) is 10.7. The fraction of sp³-hybridized carbons (Fsp3) is 0.526. The van der Waals surface area contributed by atoms with E-state index in [4.69, 9.17) is 4.74 Å². The van der Waals surface area contributed by atoms with Gasteiger partial charge in [-0.3, -0.25) is 0 Å². The number of hydrogen-bond acceptors (Lipinski definition) is 2. The Morgan fingerprint density at radius 2 is 1.91 bits per heavy atom. The summed E-state index contributed by atoms with van der Waals surface area (Å²) >= 11 is 0. The van der Waals surface area contributed by atoms with Gasteiger partial charge in [0.25, 0.3) is 0 Å². The molecular weight excluding hydrogens is 274 g/mol. The third-order valence-corrected chi connectivity index (χ3v) is 4.17. The van der Waals surface area contributed by atoms with Crippen molar-refractivity contribution in [3.05, 3.63) is 48.6 Å². The van der Waals surface area contributed by atoms with E-state index in [0.717, 1.165) is 37.0 Å². The Morgan fingerprint density at radius 1 is 1.18 bits per heavy atom.